The second kappa shape index (κ2) is 5.06. The van der Waals surface area contributed by atoms with Crippen molar-refractivity contribution in [3.05, 3.63) is 73.1 Å². The molecular formula is C20H14N4. The maximum absolute atomic E-state index is 4.08. The Kier molecular flexibility index (Phi) is 2.76. The summed E-state index contributed by atoms with van der Waals surface area (Å²) in [4.78, 5) is 0. The van der Waals surface area contributed by atoms with Gasteiger partial charge in [0.05, 0.1) is 11.4 Å². The van der Waals surface area contributed by atoms with E-state index >= 15 is 0 Å². The zero-order valence-corrected chi connectivity index (χ0v) is 12.8. The van der Waals surface area contributed by atoms with Crippen molar-refractivity contribution >= 4 is 21.5 Å². The van der Waals surface area contributed by atoms with Crippen molar-refractivity contribution in [1.82, 2.24) is 20.4 Å². The highest BCUT2D eigenvalue weighted by Crippen LogP contribution is 2.34. The quantitative estimate of drug-likeness (QED) is 0.461. The summed E-state index contributed by atoms with van der Waals surface area (Å²) in [5.74, 6) is 0. The number of benzene rings is 3. The van der Waals surface area contributed by atoms with Gasteiger partial charge < -0.3 is 0 Å². The van der Waals surface area contributed by atoms with E-state index in [9.17, 15) is 0 Å². The molecule has 3 aromatic carbocycles. The predicted molar refractivity (Wildman–Crippen MR) is 96.6 cm³/mol. The first kappa shape index (κ1) is 13.1. The van der Waals surface area contributed by atoms with Gasteiger partial charge in [0.1, 0.15) is 0 Å². The third kappa shape index (κ3) is 1.93. The number of aromatic nitrogens is 4. The van der Waals surface area contributed by atoms with Crippen LogP contribution in [0.4, 0.5) is 0 Å². The highest BCUT2D eigenvalue weighted by molar-refractivity contribution is 6.08. The molecule has 0 radical (unpaired) electrons. The maximum Gasteiger partial charge on any atom is 0.0656 e. The number of nitrogens with one attached hydrogen (secondary N) is 2. The van der Waals surface area contributed by atoms with Gasteiger partial charge in [-0.05, 0) is 45.8 Å². The highest BCUT2D eigenvalue weighted by atomic mass is 15.1. The van der Waals surface area contributed by atoms with Gasteiger partial charge in [0, 0.05) is 23.5 Å². The van der Waals surface area contributed by atoms with Crippen molar-refractivity contribution in [3.63, 3.8) is 0 Å². The second-order valence-corrected chi connectivity index (χ2v) is 5.85. The minimum atomic E-state index is 1.03. The van der Waals surface area contributed by atoms with Crippen molar-refractivity contribution in [3.8, 4) is 22.5 Å². The molecule has 0 bridgehead atoms. The molecule has 0 saturated heterocycles. The monoisotopic (exact) mass is 310 g/mol. The normalized spacial score (nSPS) is 11.3. The minimum Gasteiger partial charge on any atom is -0.278 e. The molecule has 0 aliphatic heterocycles. The summed E-state index contributed by atoms with van der Waals surface area (Å²) in [7, 11) is 0. The van der Waals surface area contributed by atoms with Gasteiger partial charge in [-0.3, -0.25) is 10.2 Å². The van der Waals surface area contributed by atoms with E-state index in [2.05, 4.69) is 68.9 Å². The lowest BCUT2D eigenvalue weighted by Crippen LogP contribution is -1.86. The molecule has 2 N–H and O–H groups in total. The van der Waals surface area contributed by atoms with Crippen LogP contribution in [0.2, 0.25) is 0 Å². The van der Waals surface area contributed by atoms with Crippen molar-refractivity contribution in [2.45, 2.75) is 0 Å². The van der Waals surface area contributed by atoms with Gasteiger partial charge in [0.25, 0.3) is 0 Å². The van der Waals surface area contributed by atoms with Crippen LogP contribution in [0.25, 0.3) is 44.1 Å². The molecule has 4 heteroatoms. The fourth-order valence-electron chi connectivity index (χ4n) is 3.33. The molecule has 24 heavy (non-hydrogen) atoms. The van der Waals surface area contributed by atoms with Crippen LogP contribution in [0, 0.1) is 0 Å². The van der Waals surface area contributed by atoms with Crippen LogP contribution in [0.1, 0.15) is 0 Å². The second-order valence-electron chi connectivity index (χ2n) is 5.85. The molecular weight excluding hydrogens is 296 g/mol. The Bertz CT molecular complexity index is 1050. The van der Waals surface area contributed by atoms with Gasteiger partial charge in [0.2, 0.25) is 0 Å². The molecule has 0 unspecified atom stereocenters. The van der Waals surface area contributed by atoms with Gasteiger partial charge in [-0.2, -0.15) is 10.2 Å². The Labute approximate surface area is 138 Å². The summed E-state index contributed by atoms with van der Waals surface area (Å²) in [6, 6.07) is 21.2. The summed E-state index contributed by atoms with van der Waals surface area (Å²) >= 11 is 0. The molecule has 0 aliphatic carbocycles. The summed E-state index contributed by atoms with van der Waals surface area (Å²) in [6.07, 6.45) is 3.57. The van der Waals surface area contributed by atoms with Gasteiger partial charge in [-0.1, -0.05) is 36.4 Å². The number of rotatable bonds is 2. The molecule has 0 aliphatic rings. The van der Waals surface area contributed by atoms with Gasteiger partial charge in [-0.25, -0.2) is 0 Å². The smallest absolute Gasteiger partial charge is 0.0656 e. The molecule has 2 aromatic heterocycles. The van der Waals surface area contributed by atoms with E-state index in [1.54, 1.807) is 12.4 Å². The SMILES string of the molecule is c1cc(-c2ccn[nH]2)c2cc3cccc(-c4ccn[nH]4)c3cc2c1. The molecule has 2 heterocycles. The Hall–Kier alpha value is -3.40. The van der Waals surface area contributed by atoms with Crippen LogP contribution in [-0.2, 0) is 0 Å². The van der Waals surface area contributed by atoms with Crippen LogP contribution >= 0.6 is 0 Å². The Morgan fingerprint density at radius 2 is 1.08 bits per heavy atom. The molecule has 5 aromatic rings. The molecule has 0 amide bonds. The number of H-pyrrole nitrogens is 2. The highest BCUT2D eigenvalue weighted by Gasteiger charge is 2.09. The van der Waals surface area contributed by atoms with Crippen LogP contribution in [0.5, 0.6) is 0 Å². The molecule has 114 valence electrons. The van der Waals surface area contributed by atoms with Gasteiger partial charge in [-0.15, -0.1) is 0 Å². The third-order valence-corrected chi connectivity index (χ3v) is 4.46. The molecule has 0 saturated carbocycles. The summed E-state index contributed by atoms with van der Waals surface area (Å²) in [6.45, 7) is 0. The zero-order chi connectivity index (χ0) is 15.9. The molecule has 0 fully saturated rings. The lowest BCUT2D eigenvalue weighted by molar-refractivity contribution is 1.10. The van der Waals surface area contributed by atoms with Crippen molar-refractivity contribution in [2.75, 3.05) is 0 Å². The van der Waals surface area contributed by atoms with E-state index in [1.807, 2.05) is 12.1 Å². The number of hydrogen-bond acceptors (Lipinski definition) is 2. The lowest BCUT2D eigenvalue weighted by atomic mass is 9.95. The lowest BCUT2D eigenvalue weighted by Gasteiger charge is -2.10. The van der Waals surface area contributed by atoms with E-state index in [1.165, 1.54) is 32.7 Å². The maximum atomic E-state index is 4.08. The fourth-order valence-corrected chi connectivity index (χ4v) is 3.33. The van der Waals surface area contributed by atoms with Gasteiger partial charge in [0.15, 0.2) is 0 Å². The molecule has 4 nitrogen and oxygen atoms in total. The van der Waals surface area contributed by atoms with Crippen LogP contribution in [-0.4, -0.2) is 20.4 Å². The zero-order valence-electron chi connectivity index (χ0n) is 12.8. The van der Waals surface area contributed by atoms with Crippen LogP contribution in [0.3, 0.4) is 0 Å². The largest absolute Gasteiger partial charge is 0.278 e. The Morgan fingerprint density at radius 1 is 0.583 bits per heavy atom. The Morgan fingerprint density at radius 3 is 1.50 bits per heavy atom. The van der Waals surface area contributed by atoms with Crippen LogP contribution in [0.15, 0.2) is 73.1 Å². The van der Waals surface area contributed by atoms with Crippen molar-refractivity contribution in [2.24, 2.45) is 0 Å². The summed E-state index contributed by atoms with van der Waals surface area (Å²) in [5.41, 5.74) is 4.40. The van der Waals surface area contributed by atoms with E-state index in [4.69, 9.17) is 0 Å². The fraction of sp³-hybridized carbons (Fsp3) is 0. The van der Waals surface area contributed by atoms with Crippen molar-refractivity contribution < 1.29 is 0 Å². The Balaban J connectivity index is 1.85. The average Bonchev–Trinajstić information content (AvgIpc) is 3.32. The minimum absolute atomic E-state index is 1.03. The molecule has 0 atom stereocenters. The number of nitrogens with zero attached hydrogens (tertiary/aromatic N) is 2. The summed E-state index contributed by atoms with van der Waals surface area (Å²) in [5, 5.41) is 19.1. The topological polar surface area (TPSA) is 57.4 Å². The number of fused-ring (bicyclic) bond motifs is 2. The number of aromatic amines is 2. The standard InChI is InChI=1S/C20H14N4/c1-3-13-11-18-14(4-2-6-16(18)20-8-10-22-24-20)12-17(13)15(5-1)19-7-9-21-23-19/h1-12H,(H,21,23)(H,22,24). The van der Waals surface area contributed by atoms with Crippen LogP contribution < -0.4 is 0 Å². The third-order valence-electron chi connectivity index (χ3n) is 4.46. The van der Waals surface area contributed by atoms with E-state index in [-0.39, 0.29) is 0 Å². The van der Waals surface area contributed by atoms with E-state index in [0.29, 0.717) is 0 Å². The average molecular weight is 310 g/mol. The first-order chi connectivity index (χ1) is 11.9. The van der Waals surface area contributed by atoms with E-state index < -0.39 is 0 Å². The summed E-state index contributed by atoms with van der Waals surface area (Å²) < 4.78 is 0. The molecule has 0 spiro atoms. The van der Waals surface area contributed by atoms with Gasteiger partial charge >= 0.3 is 0 Å². The van der Waals surface area contributed by atoms with Crippen molar-refractivity contribution in [1.29, 1.82) is 0 Å². The first-order valence-corrected chi connectivity index (χ1v) is 7.85. The number of hydrogen-bond donors (Lipinski definition) is 2. The van der Waals surface area contributed by atoms with E-state index in [0.717, 1.165) is 11.4 Å². The molecule has 5 rings (SSSR count). The predicted octanol–water partition coefficient (Wildman–Crippen LogP) is 4.77. The first-order valence-electron chi connectivity index (χ1n) is 7.85.